The molecule has 0 saturated carbocycles. The van der Waals surface area contributed by atoms with Gasteiger partial charge >= 0.3 is 0 Å². The van der Waals surface area contributed by atoms with Crippen LogP contribution in [0.5, 0.6) is 11.5 Å². The molecule has 2 saturated heterocycles. The van der Waals surface area contributed by atoms with Crippen molar-refractivity contribution in [3.8, 4) is 11.5 Å². The summed E-state index contributed by atoms with van der Waals surface area (Å²) in [6, 6.07) is 35.2. The smallest absolute Gasteiger partial charge is 0.256 e. The number of nitrogens with one attached hydrogen (secondary N) is 1. The van der Waals surface area contributed by atoms with Crippen LogP contribution < -0.4 is 14.8 Å². The molecule has 2 bridgehead atoms. The summed E-state index contributed by atoms with van der Waals surface area (Å²) in [5.74, 6) is -0.0905. The molecule has 0 spiro atoms. The number of ether oxygens (including phenoxy) is 5. The number of anilines is 1. The molecule has 4 aromatic carbocycles. The average molecular weight is 817 g/mol. The van der Waals surface area contributed by atoms with Crippen molar-refractivity contribution >= 4 is 31.2 Å². The molecule has 2 aliphatic heterocycles. The lowest BCUT2D eigenvalue weighted by molar-refractivity contribution is -0.316. The Kier molecular flexibility index (Phi) is 11.5. The van der Waals surface area contributed by atoms with Gasteiger partial charge in [-0.05, 0) is 87.4 Å². The SMILES string of the molecule is COc1ccc(C(O[C@@]23CO[C@@H]([C@H](n4cnc5c(NC(=O)c6ccccc6)ncnc54)O2)[C@@H]3OP(C)N(C(C)C)C(C)C)(c2ccccc2)c2ccc(OC)cc2)cc1. The number of rotatable bonds is 15. The molecule has 2 aromatic heterocycles. The van der Waals surface area contributed by atoms with Crippen LogP contribution in [0.1, 0.15) is 61.0 Å². The molecule has 1 N–H and O–H groups in total. The van der Waals surface area contributed by atoms with Gasteiger partial charge in [0.25, 0.3) is 5.91 Å². The number of aromatic nitrogens is 4. The van der Waals surface area contributed by atoms with E-state index in [9.17, 15) is 4.79 Å². The first-order valence-electron chi connectivity index (χ1n) is 19.7. The van der Waals surface area contributed by atoms with Crippen LogP contribution in [0, 0.1) is 0 Å². The highest BCUT2D eigenvalue weighted by molar-refractivity contribution is 7.49. The predicted molar refractivity (Wildman–Crippen MR) is 226 cm³/mol. The monoisotopic (exact) mass is 816 g/mol. The first kappa shape index (κ1) is 40.5. The highest BCUT2D eigenvalue weighted by Gasteiger charge is 2.68. The molecule has 306 valence electrons. The second-order valence-electron chi connectivity index (χ2n) is 15.1. The second-order valence-corrected chi connectivity index (χ2v) is 16.7. The van der Waals surface area contributed by atoms with Gasteiger partial charge in [0.05, 0.1) is 20.5 Å². The summed E-state index contributed by atoms with van der Waals surface area (Å²) < 4.78 is 44.4. The molecule has 13 nitrogen and oxygen atoms in total. The Labute approximate surface area is 345 Å². The van der Waals surface area contributed by atoms with Crippen LogP contribution in [-0.4, -0.2) is 87.7 Å². The second kappa shape index (κ2) is 16.8. The van der Waals surface area contributed by atoms with Gasteiger partial charge in [-0.3, -0.25) is 14.0 Å². The van der Waals surface area contributed by atoms with Gasteiger partial charge in [0.15, 0.2) is 29.3 Å². The van der Waals surface area contributed by atoms with E-state index in [0.717, 1.165) is 16.7 Å². The quantitative estimate of drug-likeness (QED) is 0.0796. The van der Waals surface area contributed by atoms with Gasteiger partial charge in [0.1, 0.15) is 44.4 Å². The minimum atomic E-state index is -1.46. The Morgan fingerprint density at radius 1 is 0.831 bits per heavy atom. The number of amides is 1. The summed E-state index contributed by atoms with van der Waals surface area (Å²) in [4.78, 5) is 27.0. The maximum absolute atomic E-state index is 13.2. The molecule has 14 heteroatoms. The highest BCUT2D eigenvalue weighted by Crippen LogP contribution is 2.57. The third kappa shape index (κ3) is 7.48. The van der Waals surface area contributed by atoms with Crippen molar-refractivity contribution in [1.29, 1.82) is 0 Å². The fourth-order valence-electron chi connectivity index (χ4n) is 8.33. The van der Waals surface area contributed by atoms with E-state index in [-0.39, 0.29) is 30.4 Å². The van der Waals surface area contributed by atoms with Crippen LogP contribution in [0.3, 0.4) is 0 Å². The maximum Gasteiger partial charge on any atom is 0.256 e. The normalized spacial score (nSPS) is 20.7. The molecule has 0 aliphatic carbocycles. The number of carbonyl (C=O) groups excluding carboxylic acids is 1. The Hall–Kier alpha value is -5.27. The summed E-state index contributed by atoms with van der Waals surface area (Å²) in [7, 11) is 2.11. The zero-order valence-corrected chi connectivity index (χ0v) is 35.1. The van der Waals surface area contributed by atoms with Gasteiger partial charge in [-0.25, -0.2) is 15.0 Å². The van der Waals surface area contributed by atoms with Crippen molar-refractivity contribution in [2.75, 3.05) is 32.8 Å². The first-order chi connectivity index (χ1) is 28.6. The molecular formula is C45H49N6O7P. The summed E-state index contributed by atoms with van der Waals surface area (Å²) in [6.45, 7) is 10.9. The molecule has 0 radical (unpaired) electrons. The summed E-state index contributed by atoms with van der Waals surface area (Å²) in [5, 5.41) is 2.91. The van der Waals surface area contributed by atoms with E-state index in [1.54, 1.807) is 32.7 Å². The lowest BCUT2D eigenvalue weighted by atomic mass is 9.79. The predicted octanol–water partition coefficient (Wildman–Crippen LogP) is 8.17. The molecule has 1 amide bonds. The van der Waals surface area contributed by atoms with E-state index < -0.39 is 38.1 Å². The Bertz CT molecular complexity index is 2310. The van der Waals surface area contributed by atoms with Crippen LogP contribution >= 0.6 is 8.30 Å². The van der Waals surface area contributed by atoms with Gasteiger partial charge < -0.3 is 33.5 Å². The molecule has 2 aliphatic rings. The zero-order valence-electron chi connectivity index (χ0n) is 34.2. The van der Waals surface area contributed by atoms with Crippen LogP contribution in [-0.2, 0) is 24.3 Å². The number of carbonyl (C=O) groups is 1. The van der Waals surface area contributed by atoms with E-state index >= 15 is 0 Å². The first-order valence-corrected chi connectivity index (χ1v) is 21.3. The average Bonchev–Trinajstić information content (AvgIpc) is 3.93. The standard InChI is InChI=1S/C45H49N6O7P/c1-29(2)51(30(3)4)59(7)57-39-38-43(50-28-48-37-40(46-27-47-41(37)50)49-42(52)31-14-10-8-11-15-31)56-44(39,26-55-38)58-45(32-16-12-9-13-17-32,33-18-22-35(53-5)23-19-33)34-20-24-36(54-6)25-21-34/h8-25,27-30,38-39,43H,26H2,1-7H3,(H,46,47,49,52)/t38-,39+,43-,44-,59?/m1/s1. The topological polar surface area (TPSA) is 131 Å². The van der Waals surface area contributed by atoms with Crippen LogP contribution in [0.4, 0.5) is 5.82 Å². The summed E-state index contributed by atoms with van der Waals surface area (Å²) >= 11 is 0. The van der Waals surface area contributed by atoms with Crippen LogP contribution in [0.2, 0.25) is 0 Å². The maximum atomic E-state index is 13.2. The van der Waals surface area contributed by atoms with Crippen molar-refractivity contribution in [2.24, 2.45) is 0 Å². The van der Waals surface area contributed by atoms with Crippen molar-refractivity contribution in [1.82, 2.24) is 24.2 Å². The molecule has 2 fully saturated rings. The third-order valence-corrected chi connectivity index (χ3v) is 13.0. The van der Waals surface area contributed by atoms with Gasteiger partial charge in [0, 0.05) is 17.6 Å². The number of hydrogen-bond acceptors (Lipinski definition) is 11. The van der Waals surface area contributed by atoms with E-state index in [1.165, 1.54) is 6.33 Å². The van der Waals surface area contributed by atoms with Crippen LogP contribution in [0.25, 0.3) is 11.2 Å². The minimum Gasteiger partial charge on any atom is -0.497 e. The van der Waals surface area contributed by atoms with Gasteiger partial charge in [-0.2, -0.15) is 0 Å². The highest BCUT2D eigenvalue weighted by atomic mass is 31.2. The van der Waals surface area contributed by atoms with Gasteiger partial charge in [0.2, 0.25) is 5.79 Å². The number of imidazole rings is 1. The number of methoxy groups -OCH3 is 2. The van der Waals surface area contributed by atoms with Crippen molar-refractivity contribution in [3.05, 3.63) is 144 Å². The number of hydrogen-bond donors (Lipinski definition) is 1. The fraction of sp³-hybridized carbons (Fsp3) is 0.333. The Balaban J connectivity index is 1.27. The molecule has 8 rings (SSSR count). The molecule has 1 unspecified atom stereocenters. The van der Waals surface area contributed by atoms with Crippen molar-refractivity contribution in [2.45, 2.75) is 69.6 Å². The number of benzene rings is 4. The molecule has 4 heterocycles. The number of fused-ring (bicyclic) bond motifs is 3. The minimum absolute atomic E-state index is 0.0756. The Morgan fingerprint density at radius 3 is 1.98 bits per heavy atom. The summed E-state index contributed by atoms with van der Waals surface area (Å²) in [5.41, 5.74) is 2.62. The van der Waals surface area contributed by atoms with E-state index in [0.29, 0.717) is 28.2 Å². The van der Waals surface area contributed by atoms with E-state index in [4.69, 9.17) is 33.2 Å². The van der Waals surface area contributed by atoms with Gasteiger partial charge in [-0.1, -0.05) is 72.8 Å². The van der Waals surface area contributed by atoms with Crippen molar-refractivity contribution < 1.29 is 33.0 Å². The molecule has 6 aromatic rings. The van der Waals surface area contributed by atoms with Crippen molar-refractivity contribution in [3.63, 3.8) is 0 Å². The number of nitrogens with zero attached hydrogens (tertiary/aromatic N) is 5. The largest absolute Gasteiger partial charge is 0.497 e. The lowest BCUT2D eigenvalue weighted by Crippen LogP contribution is -2.51. The zero-order chi connectivity index (χ0) is 41.3. The third-order valence-electron chi connectivity index (χ3n) is 10.9. The fourth-order valence-corrected chi connectivity index (χ4v) is 10.3. The van der Waals surface area contributed by atoms with E-state index in [2.05, 4.69) is 66.4 Å². The Morgan fingerprint density at radius 2 is 1.41 bits per heavy atom. The van der Waals surface area contributed by atoms with Gasteiger partial charge in [-0.15, -0.1) is 0 Å². The molecule has 59 heavy (non-hydrogen) atoms. The molecule has 5 atom stereocenters. The summed E-state index contributed by atoms with van der Waals surface area (Å²) in [6.07, 6.45) is 0.896. The van der Waals surface area contributed by atoms with Crippen LogP contribution in [0.15, 0.2) is 122 Å². The van der Waals surface area contributed by atoms with E-state index in [1.807, 2.05) is 89.5 Å². The lowest BCUT2D eigenvalue weighted by Gasteiger charge is -2.44. The molecular weight excluding hydrogens is 768 g/mol.